The molecule has 1 aliphatic rings. The van der Waals surface area contributed by atoms with Gasteiger partial charge in [0.25, 0.3) is 0 Å². The number of guanidine groups is 1. The van der Waals surface area contributed by atoms with Crippen molar-refractivity contribution in [3.05, 3.63) is 29.6 Å². The molecule has 0 radical (unpaired) electrons. The van der Waals surface area contributed by atoms with Gasteiger partial charge in [-0.05, 0) is 25.0 Å². The second-order valence-electron chi connectivity index (χ2n) is 6.11. The number of halogens is 4. The molecular weight excluding hydrogens is 490 g/mol. The Balaban J connectivity index is 0.00000392. The van der Waals surface area contributed by atoms with Crippen LogP contribution in [0.3, 0.4) is 0 Å². The van der Waals surface area contributed by atoms with Crippen LogP contribution in [0.25, 0.3) is 0 Å². The minimum Gasteiger partial charge on any atom is -0.434 e. The molecule has 2 rings (SSSR count). The zero-order valence-electron chi connectivity index (χ0n) is 15.8. The van der Waals surface area contributed by atoms with Crippen LogP contribution in [-0.2, 0) is 16.0 Å². The van der Waals surface area contributed by atoms with E-state index in [4.69, 9.17) is 9.47 Å². The van der Waals surface area contributed by atoms with Gasteiger partial charge in [-0.3, -0.25) is 4.99 Å². The third-order valence-electron chi connectivity index (χ3n) is 4.08. The van der Waals surface area contributed by atoms with Crippen molar-refractivity contribution in [2.75, 3.05) is 40.0 Å². The monoisotopic (exact) mass is 517 g/mol. The maximum absolute atomic E-state index is 13.9. The summed E-state index contributed by atoms with van der Waals surface area (Å²) in [6, 6.07) is 3.81. The molecule has 0 bridgehead atoms. The molecule has 6 nitrogen and oxygen atoms in total. The van der Waals surface area contributed by atoms with E-state index >= 15 is 0 Å². The Bertz CT molecular complexity index is 603. The third kappa shape index (κ3) is 8.82. The fourth-order valence-electron chi connectivity index (χ4n) is 2.66. The van der Waals surface area contributed by atoms with Gasteiger partial charge in [0.05, 0.1) is 13.2 Å². The molecule has 0 amide bonds. The van der Waals surface area contributed by atoms with Crippen molar-refractivity contribution in [1.82, 2.24) is 10.6 Å². The van der Waals surface area contributed by atoms with Gasteiger partial charge >= 0.3 is 6.61 Å². The van der Waals surface area contributed by atoms with Crippen LogP contribution >= 0.6 is 24.0 Å². The van der Waals surface area contributed by atoms with Crippen molar-refractivity contribution in [2.45, 2.75) is 26.0 Å². The minimum absolute atomic E-state index is 0. The van der Waals surface area contributed by atoms with Crippen molar-refractivity contribution in [3.63, 3.8) is 0 Å². The fourth-order valence-corrected chi connectivity index (χ4v) is 2.66. The summed E-state index contributed by atoms with van der Waals surface area (Å²) in [4.78, 5) is 4.03. The molecule has 28 heavy (non-hydrogen) atoms. The molecule has 0 spiro atoms. The molecule has 10 heteroatoms. The van der Waals surface area contributed by atoms with Crippen LogP contribution in [0.1, 0.15) is 18.4 Å². The van der Waals surface area contributed by atoms with Crippen molar-refractivity contribution in [2.24, 2.45) is 10.9 Å². The molecule has 1 atom stereocenters. The third-order valence-corrected chi connectivity index (χ3v) is 4.08. The lowest BCUT2D eigenvalue weighted by Gasteiger charge is -2.15. The maximum atomic E-state index is 13.9. The average Bonchev–Trinajstić information content (AvgIpc) is 3.15. The number of aliphatic imine (C=N–C) groups is 1. The van der Waals surface area contributed by atoms with Gasteiger partial charge in [0.1, 0.15) is 11.6 Å². The van der Waals surface area contributed by atoms with Crippen molar-refractivity contribution in [1.29, 1.82) is 0 Å². The van der Waals surface area contributed by atoms with E-state index in [2.05, 4.69) is 20.4 Å². The topological polar surface area (TPSA) is 64.1 Å². The highest BCUT2D eigenvalue weighted by Crippen LogP contribution is 2.23. The van der Waals surface area contributed by atoms with E-state index in [1.54, 1.807) is 7.05 Å². The molecule has 1 unspecified atom stereocenters. The maximum Gasteiger partial charge on any atom is 0.387 e. The van der Waals surface area contributed by atoms with E-state index in [9.17, 15) is 13.2 Å². The number of hydrogen-bond donors (Lipinski definition) is 2. The second kappa shape index (κ2) is 13.8. The highest BCUT2D eigenvalue weighted by molar-refractivity contribution is 14.0. The highest BCUT2D eigenvalue weighted by Gasteiger charge is 2.15. The van der Waals surface area contributed by atoms with Gasteiger partial charge in [-0.15, -0.1) is 24.0 Å². The second-order valence-corrected chi connectivity index (χ2v) is 6.11. The standard InChI is InChI=1S/C18H26F3N3O3.HI/c1-22-18(23-7-3-8-25-11-13-6-9-26-12-13)24-10-14-15(19)4-2-5-16(14)27-17(20)21;/h2,4-5,13,17H,3,6-12H2,1H3,(H2,22,23,24);1H. The summed E-state index contributed by atoms with van der Waals surface area (Å²) in [6.07, 6.45) is 1.82. The van der Waals surface area contributed by atoms with Gasteiger partial charge in [0.2, 0.25) is 0 Å². The first kappa shape index (κ1) is 24.8. The quantitative estimate of drug-likeness (QED) is 0.216. The summed E-state index contributed by atoms with van der Waals surface area (Å²) >= 11 is 0. The van der Waals surface area contributed by atoms with Crippen LogP contribution in [-0.4, -0.2) is 52.6 Å². The molecule has 1 fully saturated rings. The van der Waals surface area contributed by atoms with Crippen molar-refractivity contribution >= 4 is 29.9 Å². The number of alkyl halides is 2. The van der Waals surface area contributed by atoms with E-state index < -0.39 is 12.4 Å². The van der Waals surface area contributed by atoms with Gasteiger partial charge in [-0.1, -0.05) is 6.07 Å². The van der Waals surface area contributed by atoms with Gasteiger partial charge in [0, 0.05) is 44.8 Å². The molecular formula is C18H27F3IN3O3. The first-order chi connectivity index (χ1) is 13.1. The summed E-state index contributed by atoms with van der Waals surface area (Å²) < 4.78 is 54.1. The molecule has 0 saturated carbocycles. The van der Waals surface area contributed by atoms with Gasteiger partial charge < -0.3 is 24.8 Å². The first-order valence-electron chi connectivity index (χ1n) is 8.92. The smallest absolute Gasteiger partial charge is 0.387 e. The minimum atomic E-state index is -3.02. The predicted molar refractivity (Wildman–Crippen MR) is 111 cm³/mol. The average molecular weight is 517 g/mol. The van der Waals surface area contributed by atoms with Crippen LogP contribution in [0, 0.1) is 11.7 Å². The molecule has 1 aromatic rings. The summed E-state index contributed by atoms with van der Waals surface area (Å²) in [6.45, 7) is 0.447. The van der Waals surface area contributed by atoms with Gasteiger partial charge in [0.15, 0.2) is 5.96 Å². The number of nitrogens with zero attached hydrogens (tertiary/aromatic N) is 1. The Morgan fingerprint density at radius 2 is 2.18 bits per heavy atom. The summed E-state index contributed by atoms with van der Waals surface area (Å²) in [5.41, 5.74) is 0.0165. The van der Waals surface area contributed by atoms with Crippen LogP contribution in [0.5, 0.6) is 5.75 Å². The number of nitrogens with one attached hydrogen (secondary N) is 2. The Morgan fingerprint density at radius 1 is 1.36 bits per heavy atom. The Kier molecular flexibility index (Phi) is 12.2. The molecule has 2 N–H and O–H groups in total. The predicted octanol–water partition coefficient (Wildman–Crippen LogP) is 3.15. The van der Waals surface area contributed by atoms with Crippen LogP contribution in [0.4, 0.5) is 13.2 Å². The lowest BCUT2D eigenvalue weighted by atomic mass is 10.1. The van der Waals surface area contributed by atoms with Crippen molar-refractivity contribution in [3.8, 4) is 5.75 Å². The zero-order chi connectivity index (χ0) is 19.5. The fraction of sp³-hybridized carbons (Fsp3) is 0.611. The molecule has 160 valence electrons. The van der Waals surface area contributed by atoms with Gasteiger partial charge in [-0.2, -0.15) is 8.78 Å². The normalized spacial score (nSPS) is 16.8. The molecule has 0 aliphatic carbocycles. The van der Waals surface area contributed by atoms with Crippen LogP contribution in [0.2, 0.25) is 0 Å². The summed E-state index contributed by atoms with van der Waals surface area (Å²) in [7, 11) is 1.57. The van der Waals surface area contributed by atoms with E-state index in [1.165, 1.54) is 18.2 Å². The molecule has 0 aromatic heterocycles. The van der Waals surface area contributed by atoms with Crippen LogP contribution in [0.15, 0.2) is 23.2 Å². The van der Waals surface area contributed by atoms with E-state index in [-0.39, 0.29) is 41.8 Å². The molecule has 1 saturated heterocycles. The van der Waals surface area contributed by atoms with E-state index in [1.807, 2.05) is 0 Å². The summed E-state index contributed by atoms with van der Waals surface area (Å²) in [5.74, 6) is 0.0981. The van der Waals surface area contributed by atoms with E-state index in [0.717, 1.165) is 26.1 Å². The molecule has 1 heterocycles. The number of hydrogen-bond acceptors (Lipinski definition) is 4. The molecule has 1 aliphatic heterocycles. The van der Waals surface area contributed by atoms with E-state index in [0.29, 0.717) is 31.6 Å². The lowest BCUT2D eigenvalue weighted by molar-refractivity contribution is -0.0506. The number of benzene rings is 1. The number of rotatable bonds is 10. The zero-order valence-corrected chi connectivity index (χ0v) is 18.1. The largest absolute Gasteiger partial charge is 0.434 e. The highest BCUT2D eigenvalue weighted by atomic mass is 127. The van der Waals surface area contributed by atoms with Crippen LogP contribution < -0.4 is 15.4 Å². The first-order valence-corrected chi connectivity index (χ1v) is 8.92. The van der Waals surface area contributed by atoms with Crippen molar-refractivity contribution < 1.29 is 27.4 Å². The summed E-state index contributed by atoms with van der Waals surface area (Å²) in [5, 5.41) is 5.96. The lowest BCUT2D eigenvalue weighted by Crippen LogP contribution is -2.37. The Morgan fingerprint density at radius 3 is 2.86 bits per heavy atom. The molecule has 1 aromatic carbocycles. The Hall–Kier alpha value is -1.27. The number of ether oxygens (including phenoxy) is 3. The Labute approximate surface area is 180 Å². The SMILES string of the molecule is CN=C(NCCCOCC1CCOC1)NCc1c(F)cccc1OC(F)F.I. The van der Waals surface area contributed by atoms with Gasteiger partial charge in [-0.25, -0.2) is 4.39 Å².